The highest BCUT2D eigenvalue weighted by molar-refractivity contribution is 5.83. The van der Waals surface area contributed by atoms with Crippen molar-refractivity contribution in [1.82, 2.24) is 14.9 Å². The quantitative estimate of drug-likeness (QED) is 0.843. The number of rotatable bonds is 5. The second kappa shape index (κ2) is 7.34. The van der Waals surface area contributed by atoms with E-state index < -0.39 is 0 Å². The number of methoxy groups -OCH3 is 1. The van der Waals surface area contributed by atoms with Crippen LogP contribution in [0.25, 0.3) is 10.9 Å². The van der Waals surface area contributed by atoms with Crippen molar-refractivity contribution < 1.29 is 4.74 Å². The summed E-state index contributed by atoms with van der Waals surface area (Å²) in [5.74, 6) is 1.62. The third-order valence-electron chi connectivity index (χ3n) is 5.09. The van der Waals surface area contributed by atoms with Gasteiger partial charge in [0.25, 0.3) is 0 Å². The molecule has 1 aliphatic heterocycles. The molecule has 2 aromatic rings. The number of likely N-dealkylation sites (N-methyl/N-ethyl adjacent to an activating group) is 1. The standard InChI is InChI=1S/C19H28N4O/c1-14-7-5-6-10-23(14)12-11-22(3)19-20-15(2)17-9-8-16(24-4)13-18(17)21-19/h8-9,13-14H,5-7,10-12H2,1-4H3/t14-/m0/s1. The monoisotopic (exact) mass is 328 g/mol. The molecule has 0 spiro atoms. The van der Waals surface area contributed by atoms with Crippen LogP contribution in [0.1, 0.15) is 31.9 Å². The van der Waals surface area contributed by atoms with Gasteiger partial charge >= 0.3 is 0 Å². The zero-order chi connectivity index (χ0) is 17.1. The largest absolute Gasteiger partial charge is 0.497 e. The van der Waals surface area contributed by atoms with E-state index in [9.17, 15) is 0 Å². The van der Waals surface area contributed by atoms with Gasteiger partial charge in [0.1, 0.15) is 5.75 Å². The van der Waals surface area contributed by atoms with E-state index in [0.717, 1.165) is 41.4 Å². The number of hydrogen-bond acceptors (Lipinski definition) is 5. The van der Waals surface area contributed by atoms with Gasteiger partial charge in [0.2, 0.25) is 5.95 Å². The molecule has 0 N–H and O–H groups in total. The van der Waals surface area contributed by atoms with Crippen molar-refractivity contribution in [1.29, 1.82) is 0 Å². The molecule has 5 nitrogen and oxygen atoms in total. The summed E-state index contributed by atoms with van der Waals surface area (Å²) >= 11 is 0. The third-order valence-corrected chi connectivity index (χ3v) is 5.09. The molecule has 2 heterocycles. The summed E-state index contributed by atoms with van der Waals surface area (Å²) in [5.41, 5.74) is 1.95. The summed E-state index contributed by atoms with van der Waals surface area (Å²) in [5, 5.41) is 1.08. The molecule has 0 unspecified atom stereocenters. The molecule has 1 aromatic carbocycles. The van der Waals surface area contributed by atoms with E-state index in [-0.39, 0.29) is 0 Å². The number of fused-ring (bicyclic) bond motifs is 1. The Morgan fingerprint density at radius 3 is 2.88 bits per heavy atom. The first-order chi connectivity index (χ1) is 11.6. The summed E-state index contributed by atoms with van der Waals surface area (Å²) in [6, 6.07) is 6.66. The van der Waals surface area contributed by atoms with Gasteiger partial charge < -0.3 is 9.64 Å². The fourth-order valence-electron chi connectivity index (χ4n) is 3.42. The van der Waals surface area contributed by atoms with Crippen LogP contribution >= 0.6 is 0 Å². The molecule has 3 rings (SSSR count). The van der Waals surface area contributed by atoms with Crippen LogP contribution < -0.4 is 9.64 Å². The lowest BCUT2D eigenvalue weighted by molar-refractivity contribution is 0.165. The van der Waals surface area contributed by atoms with E-state index in [1.807, 2.05) is 25.1 Å². The lowest BCUT2D eigenvalue weighted by Gasteiger charge is -2.34. The Bertz CT molecular complexity index is 703. The maximum absolute atomic E-state index is 5.32. The van der Waals surface area contributed by atoms with Crippen molar-refractivity contribution in [3.05, 3.63) is 23.9 Å². The van der Waals surface area contributed by atoms with Crippen LogP contribution in [-0.4, -0.2) is 54.7 Å². The van der Waals surface area contributed by atoms with Crippen molar-refractivity contribution in [3.63, 3.8) is 0 Å². The normalized spacial score (nSPS) is 18.8. The first-order valence-electron chi connectivity index (χ1n) is 8.86. The van der Waals surface area contributed by atoms with Crippen LogP contribution in [0.15, 0.2) is 18.2 Å². The van der Waals surface area contributed by atoms with Crippen LogP contribution in [0.4, 0.5) is 5.95 Å². The zero-order valence-corrected chi connectivity index (χ0v) is 15.2. The van der Waals surface area contributed by atoms with Crippen molar-refractivity contribution in [2.75, 3.05) is 38.7 Å². The van der Waals surface area contributed by atoms with Gasteiger partial charge in [-0.3, -0.25) is 4.90 Å². The molecule has 1 saturated heterocycles. The molecule has 0 saturated carbocycles. The van der Waals surface area contributed by atoms with Crippen LogP contribution in [0.3, 0.4) is 0 Å². The second-order valence-electron chi connectivity index (χ2n) is 6.79. The number of nitrogens with zero attached hydrogens (tertiary/aromatic N) is 4. The molecular formula is C19H28N4O. The van der Waals surface area contributed by atoms with Crippen molar-refractivity contribution in [2.45, 2.75) is 39.2 Å². The molecule has 0 radical (unpaired) electrons. The molecule has 5 heteroatoms. The minimum Gasteiger partial charge on any atom is -0.497 e. The Kier molecular flexibility index (Phi) is 5.19. The highest BCUT2D eigenvalue weighted by atomic mass is 16.5. The third kappa shape index (κ3) is 3.61. The number of hydrogen-bond donors (Lipinski definition) is 0. The molecule has 0 amide bonds. The van der Waals surface area contributed by atoms with E-state index in [0.29, 0.717) is 6.04 Å². The minimum atomic E-state index is 0.690. The highest BCUT2D eigenvalue weighted by Gasteiger charge is 2.18. The molecule has 1 aromatic heterocycles. The van der Waals surface area contributed by atoms with E-state index in [1.165, 1.54) is 25.8 Å². The lowest BCUT2D eigenvalue weighted by Crippen LogP contribution is -2.42. The van der Waals surface area contributed by atoms with E-state index in [2.05, 4.69) is 23.8 Å². The highest BCUT2D eigenvalue weighted by Crippen LogP contribution is 2.23. The maximum Gasteiger partial charge on any atom is 0.225 e. The zero-order valence-electron chi connectivity index (χ0n) is 15.2. The first kappa shape index (κ1) is 17.0. The van der Waals surface area contributed by atoms with Crippen LogP contribution in [0, 0.1) is 6.92 Å². The minimum absolute atomic E-state index is 0.690. The van der Waals surface area contributed by atoms with Gasteiger partial charge in [-0.15, -0.1) is 0 Å². The average Bonchev–Trinajstić information content (AvgIpc) is 2.60. The van der Waals surface area contributed by atoms with Crippen LogP contribution in [0.2, 0.25) is 0 Å². The van der Waals surface area contributed by atoms with E-state index >= 15 is 0 Å². The number of piperidine rings is 1. The second-order valence-corrected chi connectivity index (χ2v) is 6.79. The number of aryl methyl sites for hydroxylation is 1. The number of aromatic nitrogens is 2. The predicted molar refractivity (Wildman–Crippen MR) is 99.0 cm³/mol. The van der Waals surface area contributed by atoms with E-state index in [4.69, 9.17) is 14.7 Å². The number of likely N-dealkylation sites (tertiary alicyclic amines) is 1. The number of anilines is 1. The molecule has 1 atom stereocenters. The Labute approximate surface area is 144 Å². The molecule has 24 heavy (non-hydrogen) atoms. The Morgan fingerprint density at radius 1 is 1.29 bits per heavy atom. The number of ether oxygens (including phenoxy) is 1. The molecule has 130 valence electrons. The van der Waals surface area contributed by atoms with Gasteiger partial charge in [0, 0.05) is 37.6 Å². The maximum atomic E-state index is 5.32. The fourth-order valence-corrected chi connectivity index (χ4v) is 3.42. The summed E-state index contributed by atoms with van der Waals surface area (Å²) in [6.45, 7) is 7.60. The van der Waals surface area contributed by atoms with Crippen molar-refractivity contribution >= 4 is 16.9 Å². The predicted octanol–water partition coefficient (Wildman–Crippen LogP) is 3.26. The van der Waals surface area contributed by atoms with Gasteiger partial charge in [-0.05, 0) is 45.4 Å². The Hall–Kier alpha value is -1.88. The van der Waals surface area contributed by atoms with Crippen molar-refractivity contribution in [3.8, 4) is 5.75 Å². The molecular weight excluding hydrogens is 300 g/mol. The summed E-state index contributed by atoms with van der Waals surface area (Å²) in [4.78, 5) is 14.2. The van der Waals surface area contributed by atoms with Gasteiger partial charge in [0.15, 0.2) is 0 Å². The fraction of sp³-hybridized carbons (Fsp3) is 0.579. The summed E-state index contributed by atoms with van der Waals surface area (Å²) < 4.78 is 5.32. The van der Waals surface area contributed by atoms with Gasteiger partial charge in [-0.1, -0.05) is 6.42 Å². The molecule has 1 aliphatic rings. The SMILES string of the molecule is COc1ccc2c(C)nc(N(C)CCN3CCCC[C@@H]3C)nc2c1. The average molecular weight is 328 g/mol. The van der Waals surface area contributed by atoms with Crippen molar-refractivity contribution in [2.24, 2.45) is 0 Å². The van der Waals surface area contributed by atoms with E-state index in [1.54, 1.807) is 7.11 Å². The van der Waals surface area contributed by atoms with Crippen LogP contribution in [-0.2, 0) is 0 Å². The Balaban J connectivity index is 1.75. The topological polar surface area (TPSA) is 41.5 Å². The Morgan fingerprint density at radius 2 is 2.12 bits per heavy atom. The smallest absolute Gasteiger partial charge is 0.225 e. The van der Waals surface area contributed by atoms with Gasteiger partial charge in [-0.25, -0.2) is 9.97 Å². The molecule has 1 fully saturated rings. The summed E-state index contributed by atoms with van der Waals surface area (Å²) in [6.07, 6.45) is 4.00. The van der Waals surface area contributed by atoms with Gasteiger partial charge in [-0.2, -0.15) is 0 Å². The molecule has 0 aliphatic carbocycles. The first-order valence-corrected chi connectivity index (χ1v) is 8.86. The molecule has 0 bridgehead atoms. The lowest BCUT2D eigenvalue weighted by atomic mass is 10.0. The van der Waals surface area contributed by atoms with Crippen LogP contribution in [0.5, 0.6) is 5.75 Å². The summed E-state index contributed by atoms with van der Waals surface area (Å²) in [7, 11) is 3.76. The number of benzene rings is 1. The van der Waals surface area contributed by atoms with Gasteiger partial charge in [0.05, 0.1) is 18.3 Å².